The number of nitriles is 1. The summed E-state index contributed by atoms with van der Waals surface area (Å²) < 4.78 is 0. The normalized spacial score (nSPS) is 15.1. The first-order valence-corrected chi connectivity index (χ1v) is 5.65. The highest BCUT2D eigenvalue weighted by atomic mass is 15.1. The highest BCUT2D eigenvalue weighted by molar-refractivity contribution is 5.03. The van der Waals surface area contributed by atoms with Gasteiger partial charge in [-0.3, -0.25) is 4.90 Å². The average Bonchev–Trinajstić information content (AvgIpc) is 2.17. The smallest absolute Gasteiger partial charge is 0.105 e. The Morgan fingerprint density at radius 2 is 1.71 bits per heavy atom. The quantitative estimate of drug-likeness (QED) is 0.585. The number of hydrogen-bond acceptors (Lipinski definition) is 2. The van der Waals surface area contributed by atoms with Gasteiger partial charge < -0.3 is 0 Å². The van der Waals surface area contributed by atoms with Crippen LogP contribution in [-0.4, -0.2) is 24.5 Å². The molecule has 0 aromatic heterocycles. The van der Waals surface area contributed by atoms with Crippen molar-refractivity contribution in [2.24, 2.45) is 0 Å². The third-order valence-electron chi connectivity index (χ3n) is 3.00. The second-order valence-corrected chi connectivity index (χ2v) is 4.44. The fourth-order valence-corrected chi connectivity index (χ4v) is 1.45. The van der Waals surface area contributed by atoms with Gasteiger partial charge in [0, 0.05) is 0 Å². The van der Waals surface area contributed by atoms with Crippen molar-refractivity contribution >= 4 is 0 Å². The lowest BCUT2D eigenvalue weighted by atomic mass is 9.94. The van der Waals surface area contributed by atoms with Crippen molar-refractivity contribution in [3.8, 4) is 6.07 Å². The maximum atomic E-state index is 9.07. The minimum atomic E-state index is -0.272. The van der Waals surface area contributed by atoms with Crippen LogP contribution in [0.3, 0.4) is 0 Å². The standard InChI is InChI=1S/C12H24N2/c1-5-6-7-8-9-10-12(2,11-13)14(3)4/h5-10H2,1-4H3. The number of hydrogen-bond donors (Lipinski definition) is 0. The van der Waals surface area contributed by atoms with Crippen molar-refractivity contribution in [1.82, 2.24) is 4.90 Å². The summed E-state index contributed by atoms with van der Waals surface area (Å²) in [6, 6.07) is 2.39. The van der Waals surface area contributed by atoms with Crippen LogP contribution in [0.1, 0.15) is 52.4 Å². The van der Waals surface area contributed by atoms with E-state index in [2.05, 4.69) is 13.0 Å². The fourth-order valence-electron chi connectivity index (χ4n) is 1.45. The van der Waals surface area contributed by atoms with Crippen LogP contribution in [0.4, 0.5) is 0 Å². The molecule has 0 amide bonds. The van der Waals surface area contributed by atoms with E-state index < -0.39 is 0 Å². The van der Waals surface area contributed by atoms with E-state index in [1.807, 2.05) is 25.9 Å². The highest BCUT2D eigenvalue weighted by Gasteiger charge is 2.25. The van der Waals surface area contributed by atoms with E-state index >= 15 is 0 Å². The molecule has 14 heavy (non-hydrogen) atoms. The molecule has 1 atom stereocenters. The van der Waals surface area contributed by atoms with Gasteiger partial charge >= 0.3 is 0 Å². The lowest BCUT2D eigenvalue weighted by Gasteiger charge is -2.29. The summed E-state index contributed by atoms with van der Waals surface area (Å²) in [6.45, 7) is 4.24. The molecule has 0 aliphatic rings. The van der Waals surface area contributed by atoms with Gasteiger partial charge in [0.05, 0.1) is 6.07 Å². The maximum Gasteiger partial charge on any atom is 0.105 e. The zero-order valence-electron chi connectivity index (χ0n) is 10.1. The van der Waals surface area contributed by atoms with Gasteiger partial charge in [-0.2, -0.15) is 5.26 Å². The zero-order valence-corrected chi connectivity index (χ0v) is 10.1. The summed E-state index contributed by atoms with van der Waals surface area (Å²) in [5.74, 6) is 0. The maximum absolute atomic E-state index is 9.07. The fraction of sp³-hybridized carbons (Fsp3) is 0.917. The van der Waals surface area contributed by atoms with E-state index in [0.717, 1.165) is 6.42 Å². The van der Waals surface area contributed by atoms with Crippen LogP contribution in [0.2, 0.25) is 0 Å². The van der Waals surface area contributed by atoms with Gasteiger partial charge in [0.1, 0.15) is 5.54 Å². The molecule has 0 fully saturated rings. The van der Waals surface area contributed by atoms with Crippen LogP contribution in [0.5, 0.6) is 0 Å². The first-order chi connectivity index (χ1) is 6.56. The van der Waals surface area contributed by atoms with Gasteiger partial charge in [-0.25, -0.2) is 0 Å². The minimum Gasteiger partial charge on any atom is -0.292 e. The molecule has 82 valence electrons. The van der Waals surface area contributed by atoms with Crippen LogP contribution in [0.25, 0.3) is 0 Å². The van der Waals surface area contributed by atoms with E-state index in [0.29, 0.717) is 0 Å². The van der Waals surface area contributed by atoms with E-state index in [9.17, 15) is 0 Å². The van der Waals surface area contributed by atoms with Crippen molar-refractivity contribution in [2.45, 2.75) is 57.9 Å². The van der Waals surface area contributed by atoms with E-state index in [-0.39, 0.29) is 5.54 Å². The summed E-state index contributed by atoms with van der Waals surface area (Å²) in [5.41, 5.74) is -0.272. The largest absolute Gasteiger partial charge is 0.292 e. The van der Waals surface area contributed by atoms with Gasteiger partial charge in [0.25, 0.3) is 0 Å². The second-order valence-electron chi connectivity index (χ2n) is 4.44. The molecule has 2 nitrogen and oxygen atoms in total. The third kappa shape index (κ3) is 4.62. The lowest BCUT2D eigenvalue weighted by molar-refractivity contribution is 0.218. The van der Waals surface area contributed by atoms with Gasteiger partial charge in [-0.05, 0) is 27.4 Å². The molecule has 0 saturated carbocycles. The molecular formula is C12H24N2. The van der Waals surface area contributed by atoms with Crippen molar-refractivity contribution in [3.63, 3.8) is 0 Å². The Bertz CT molecular complexity index is 181. The van der Waals surface area contributed by atoms with E-state index in [1.165, 1.54) is 32.1 Å². The Balaban J connectivity index is 3.70. The van der Waals surface area contributed by atoms with E-state index in [4.69, 9.17) is 5.26 Å². The molecule has 0 aliphatic carbocycles. The molecule has 0 spiro atoms. The van der Waals surface area contributed by atoms with Crippen LogP contribution in [-0.2, 0) is 0 Å². The van der Waals surface area contributed by atoms with Crippen LogP contribution in [0, 0.1) is 11.3 Å². The second kappa shape index (κ2) is 6.84. The first-order valence-electron chi connectivity index (χ1n) is 5.65. The Kier molecular flexibility index (Phi) is 6.57. The predicted octanol–water partition coefficient (Wildman–Crippen LogP) is 3.19. The Labute approximate surface area is 88.9 Å². The van der Waals surface area contributed by atoms with Gasteiger partial charge in [0.2, 0.25) is 0 Å². The van der Waals surface area contributed by atoms with Gasteiger partial charge in [0.15, 0.2) is 0 Å². The number of unbranched alkanes of at least 4 members (excludes halogenated alkanes) is 4. The summed E-state index contributed by atoms with van der Waals surface area (Å²) in [4.78, 5) is 2.02. The molecule has 0 aromatic rings. The molecule has 1 unspecified atom stereocenters. The Morgan fingerprint density at radius 1 is 1.14 bits per heavy atom. The molecule has 0 N–H and O–H groups in total. The van der Waals surface area contributed by atoms with Gasteiger partial charge in [-0.15, -0.1) is 0 Å². The molecule has 0 aliphatic heterocycles. The Morgan fingerprint density at radius 3 is 2.14 bits per heavy atom. The molecule has 2 heteroatoms. The molecular weight excluding hydrogens is 172 g/mol. The summed E-state index contributed by atoms with van der Waals surface area (Å²) in [5, 5.41) is 9.07. The van der Waals surface area contributed by atoms with E-state index in [1.54, 1.807) is 0 Å². The van der Waals surface area contributed by atoms with Crippen LogP contribution in [0.15, 0.2) is 0 Å². The molecule has 0 heterocycles. The Hall–Kier alpha value is -0.550. The SMILES string of the molecule is CCCCCCCC(C)(C#N)N(C)C. The molecule has 0 rings (SSSR count). The minimum absolute atomic E-state index is 0.272. The topological polar surface area (TPSA) is 27.0 Å². The molecule has 0 radical (unpaired) electrons. The number of rotatable bonds is 7. The van der Waals surface area contributed by atoms with Crippen molar-refractivity contribution in [3.05, 3.63) is 0 Å². The average molecular weight is 196 g/mol. The highest BCUT2D eigenvalue weighted by Crippen LogP contribution is 2.19. The van der Waals surface area contributed by atoms with Crippen molar-refractivity contribution in [1.29, 1.82) is 5.26 Å². The molecule has 0 aromatic carbocycles. The summed E-state index contributed by atoms with van der Waals surface area (Å²) >= 11 is 0. The van der Waals surface area contributed by atoms with Crippen LogP contribution < -0.4 is 0 Å². The van der Waals surface area contributed by atoms with Crippen molar-refractivity contribution < 1.29 is 0 Å². The molecule has 0 bridgehead atoms. The first kappa shape index (κ1) is 13.4. The number of nitrogens with zero attached hydrogens (tertiary/aromatic N) is 2. The monoisotopic (exact) mass is 196 g/mol. The van der Waals surface area contributed by atoms with Crippen molar-refractivity contribution in [2.75, 3.05) is 14.1 Å². The predicted molar refractivity (Wildman–Crippen MR) is 61.1 cm³/mol. The van der Waals surface area contributed by atoms with Gasteiger partial charge in [-0.1, -0.05) is 39.0 Å². The third-order valence-corrected chi connectivity index (χ3v) is 3.00. The molecule has 0 saturated heterocycles. The lowest BCUT2D eigenvalue weighted by Crippen LogP contribution is -2.39. The van der Waals surface area contributed by atoms with Crippen LogP contribution >= 0.6 is 0 Å². The summed E-state index contributed by atoms with van der Waals surface area (Å²) in [7, 11) is 3.96. The zero-order chi connectivity index (χ0) is 11.0. The summed E-state index contributed by atoms with van der Waals surface area (Å²) in [6.07, 6.45) is 7.33.